The summed E-state index contributed by atoms with van der Waals surface area (Å²) in [7, 11) is 2.45. The molecule has 0 bridgehead atoms. The van der Waals surface area contributed by atoms with Gasteiger partial charge in [0.25, 0.3) is 0 Å². The van der Waals surface area contributed by atoms with Gasteiger partial charge in [0.05, 0.1) is 14.2 Å². The van der Waals surface area contributed by atoms with Crippen LogP contribution >= 0.6 is 0 Å². The van der Waals surface area contributed by atoms with Crippen molar-refractivity contribution in [1.29, 1.82) is 0 Å². The van der Waals surface area contributed by atoms with Crippen molar-refractivity contribution in [2.45, 2.75) is 18.1 Å². The first-order chi connectivity index (χ1) is 8.65. The van der Waals surface area contributed by atoms with Gasteiger partial charge in [0.15, 0.2) is 0 Å². The molecule has 0 amide bonds. The molecule has 1 aromatic rings. The number of ether oxygens (including phenoxy) is 2. The van der Waals surface area contributed by atoms with Crippen LogP contribution in [0.2, 0.25) is 0 Å². The second-order valence-electron chi connectivity index (χ2n) is 3.71. The Morgan fingerprint density at radius 2 is 1.63 bits per heavy atom. The molecular weight excluding hydrogens is 273 g/mol. The number of methoxy groups -OCH3 is 2. The molecule has 0 aliphatic rings. The quantitative estimate of drug-likeness (QED) is 0.865. The van der Waals surface area contributed by atoms with Crippen molar-refractivity contribution in [1.82, 2.24) is 0 Å². The highest BCUT2D eigenvalue weighted by Gasteiger charge is 2.62. The molecule has 0 heterocycles. The Labute approximate surface area is 106 Å². The summed E-state index contributed by atoms with van der Waals surface area (Å²) < 4.78 is 72.7. The van der Waals surface area contributed by atoms with Gasteiger partial charge in [-0.1, -0.05) is 0 Å². The predicted molar refractivity (Wildman–Crippen MR) is 57.5 cm³/mol. The molecule has 8 heteroatoms. The first-order valence-electron chi connectivity index (χ1n) is 5.07. The van der Waals surface area contributed by atoms with E-state index < -0.39 is 23.7 Å². The van der Waals surface area contributed by atoms with E-state index in [0.29, 0.717) is 0 Å². The molecular formula is C11H12F5NO2. The average Bonchev–Trinajstić information content (AvgIpc) is 2.35. The number of hydrogen-bond donors (Lipinski definition) is 1. The van der Waals surface area contributed by atoms with Crippen molar-refractivity contribution in [2.24, 2.45) is 5.73 Å². The maximum Gasteiger partial charge on any atom is 0.455 e. The van der Waals surface area contributed by atoms with Crippen LogP contribution < -0.4 is 15.2 Å². The summed E-state index contributed by atoms with van der Waals surface area (Å²) in [6, 6.07) is 0.863. The lowest BCUT2D eigenvalue weighted by Crippen LogP contribution is -2.45. The van der Waals surface area contributed by atoms with Gasteiger partial charge in [-0.2, -0.15) is 22.0 Å². The molecule has 0 radical (unpaired) electrons. The average molecular weight is 285 g/mol. The molecule has 0 saturated heterocycles. The van der Waals surface area contributed by atoms with E-state index in [-0.39, 0.29) is 11.5 Å². The zero-order valence-corrected chi connectivity index (χ0v) is 10.1. The molecule has 0 aromatic heterocycles. The topological polar surface area (TPSA) is 44.5 Å². The molecule has 108 valence electrons. The Morgan fingerprint density at radius 3 is 2.05 bits per heavy atom. The second kappa shape index (κ2) is 5.20. The van der Waals surface area contributed by atoms with Gasteiger partial charge in [-0.25, -0.2) is 0 Å². The van der Waals surface area contributed by atoms with E-state index in [1.165, 1.54) is 19.2 Å². The Morgan fingerprint density at radius 1 is 1.05 bits per heavy atom. The van der Waals surface area contributed by atoms with Gasteiger partial charge in [-0.15, -0.1) is 0 Å². The van der Waals surface area contributed by atoms with Crippen LogP contribution in [0.25, 0.3) is 0 Å². The van der Waals surface area contributed by atoms with Crippen LogP contribution in [0.15, 0.2) is 18.2 Å². The highest BCUT2D eigenvalue weighted by atomic mass is 19.4. The lowest BCUT2D eigenvalue weighted by molar-refractivity contribution is -0.291. The SMILES string of the molecule is COc1ccc([C@H](N)C(F)(F)C(F)(F)F)c(OC)c1. The summed E-state index contributed by atoms with van der Waals surface area (Å²) in [6.07, 6.45) is -5.74. The summed E-state index contributed by atoms with van der Waals surface area (Å²) in [6.45, 7) is 0. The van der Waals surface area contributed by atoms with E-state index in [1.807, 2.05) is 0 Å². The monoisotopic (exact) mass is 285 g/mol. The highest BCUT2D eigenvalue weighted by Crippen LogP contribution is 2.45. The fraction of sp³-hybridized carbons (Fsp3) is 0.455. The van der Waals surface area contributed by atoms with E-state index in [2.05, 4.69) is 0 Å². The standard InChI is InChI=1S/C11H12F5NO2/c1-18-6-3-4-7(8(5-6)19-2)9(17)10(12,13)11(14,15)16/h3-5,9H,17H2,1-2H3/t9-/m0/s1. The van der Waals surface area contributed by atoms with Crippen molar-refractivity contribution >= 4 is 0 Å². The Kier molecular flexibility index (Phi) is 4.24. The second-order valence-corrected chi connectivity index (χ2v) is 3.71. The van der Waals surface area contributed by atoms with Crippen molar-refractivity contribution in [3.63, 3.8) is 0 Å². The summed E-state index contributed by atoms with van der Waals surface area (Å²) in [4.78, 5) is 0. The third-order valence-corrected chi connectivity index (χ3v) is 2.54. The molecule has 1 aromatic carbocycles. The van der Waals surface area contributed by atoms with Crippen molar-refractivity contribution in [2.75, 3.05) is 14.2 Å². The zero-order valence-electron chi connectivity index (χ0n) is 10.1. The highest BCUT2D eigenvalue weighted by molar-refractivity contribution is 5.43. The van der Waals surface area contributed by atoms with Crippen LogP contribution in [0.3, 0.4) is 0 Å². The number of hydrogen-bond acceptors (Lipinski definition) is 3. The Bertz CT molecular complexity index is 447. The first-order valence-corrected chi connectivity index (χ1v) is 5.07. The summed E-state index contributed by atoms with van der Waals surface area (Å²) in [5.41, 5.74) is 4.58. The number of halogens is 5. The number of nitrogens with two attached hydrogens (primary N) is 1. The van der Waals surface area contributed by atoms with Crippen LogP contribution in [0.1, 0.15) is 11.6 Å². The molecule has 0 aliphatic heterocycles. The van der Waals surface area contributed by atoms with Gasteiger partial charge in [0.2, 0.25) is 0 Å². The molecule has 1 atom stereocenters. The lowest BCUT2D eigenvalue weighted by atomic mass is 9.99. The molecule has 0 spiro atoms. The van der Waals surface area contributed by atoms with Gasteiger partial charge in [-0.3, -0.25) is 0 Å². The maximum atomic E-state index is 13.2. The molecule has 0 fully saturated rings. The van der Waals surface area contributed by atoms with Crippen LogP contribution in [-0.4, -0.2) is 26.3 Å². The molecule has 2 N–H and O–H groups in total. The van der Waals surface area contributed by atoms with Crippen LogP contribution in [0.4, 0.5) is 22.0 Å². The largest absolute Gasteiger partial charge is 0.497 e. The van der Waals surface area contributed by atoms with Gasteiger partial charge < -0.3 is 15.2 Å². The van der Waals surface area contributed by atoms with E-state index in [1.54, 1.807) is 0 Å². The van der Waals surface area contributed by atoms with Gasteiger partial charge in [0, 0.05) is 11.6 Å². The number of benzene rings is 1. The summed E-state index contributed by atoms with van der Waals surface area (Å²) >= 11 is 0. The van der Waals surface area contributed by atoms with Crippen molar-refractivity contribution < 1.29 is 31.4 Å². The van der Waals surface area contributed by atoms with Gasteiger partial charge >= 0.3 is 12.1 Å². The smallest absolute Gasteiger partial charge is 0.455 e. The van der Waals surface area contributed by atoms with Gasteiger partial charge in [0.1, 0.15) is 17.5 Å². The van der Waals surface area contributed by atoms with Gasteiger partial charge in [-0.05, 0) is 12.1 Å². The van der Waals surface area contributed by atoms with Crippen LogP contribution in [-0.2, 0) is 0 Å². The normalized spacial score (nSPS) is 14.1. The molecule has 0 unspecified atom stereocenters. The third kappa shape index (κ3) is 2.89. The summed E-state index contributed by atoms with van der Waals surface area (Å²) in [5, 5.41) is 0. The fourth-order valence-corrected chi connectivity index (χ4v) is 1.45. The van der Waals surface area contributed by atoms with Crippen molar-refractivity contribution in [3.8, 4) is 11.5 Å². The van der Waals surface area contributed by atoms with E-state index in [9.17, 15) is 22.0 Å². The Balaban J connectivity index is 3.23. The molecule has 19 heavy (non-hydrogen) atoms. The first kappa shape index (κ1) is 15.5. The fourth-order valence-electron chi connectivity index (χ4n) is 1.45. The third-order valence-electron chi connectivity index (χ3n) is 2.54. The minimum Gasteiger partial charge on any atom is -0.497 e. The van der Waals surface area contributed by atoms with Crippen LogP contribution in [0.5, 0.6) is 11.5 Å². The number of alkyl halides is 5. The predicted octanol–water partition coefficient (Wildman–Crippen LogP) is 2.90. The lowest BCUT2D eigenvalue weighted by Gasteiger charge is -2.27. The number of rotatable bonds is 4. The molecule has 0 saturated carbocycles. The molecule has 3 nitrogen and oxygen atoms in total. The van der Waals surface area contributed by atoms with E-state index in [4.69, 9.17) is 15.2 Å². The van der Waals surface area contributed by atoms with E-state index >= 15 is 0 Å². The Hall–Kier alpha value is -1.57. The van der Waals surface area contributed by atoms with Crippen molar-refractivity contribution in [3.05, 3.63) is 23.8 Å². The zero-order chi connectivity index (χ0) is 14.8. The van der Waals surface area contributed by atoms with E-state index in [0.717, 1.165) is 13.2 Å². The molecule has 0 aliphatic carbocycles. The maximum absolute atomic E-state index is 13.2. The van der Waals surface area contributed by atoms with Crippen LogP contribution in [0, 0.1) is 0 Å². The minimum absolute atomic E-state index is 0.198. The summed E-state index contributed by atoms with van der Waals surface area (Å²) in [5.74, 6) is -5.01. The molecule has 1 rings (SSSR count). The minimum atomic E-state index is -5.74.